The number of nitrogens with one attached hydrogen (secondary N) is 2. The maximum absolute atomic E-state index is 13.0. The van der Waals surface area contributed by atoms with Gasteiger partial charge in [-0.3, -0.25) is 24.1 Å². The molecule has 0 unspecified atom stereocenters. The van der Waals surface area contributed by atoms with Crippen LogP contribution >= 0.6 is 27.7 Å². The number of aryl methyl sites for hydroxylation is 1. The average molecular weight is 655 g/mol. The normalized spacial score (nSPS) is 13.7. The Morgan fingerprint density at radius 1 is 0.952 bits per heavy atom. The molecule has 10 nitrogen and oxygen atoms in total. The van der Waals surface area contributed by atoms with Crippen molar-refractivity contribution in [1.82, 2.24) is 4.90 Å². The second-order valence-corrected chi connectivity index (χ2v) is 10.9. The lowest BCUT2D eigenvalue weighted by Gasteiger charge is -2.15. The van der Waals surface area contributed by atoms with Gasteiger partial charge in [0.1, 0.15) is 12.3 Å². The largest absolute Gasteiger partial charge is 0.497 e. The number of nitrogens with zero attached hydrogens (tertiary/aromatic N) is 1. The molecule has 0 bridgehead atoms. The number of ether oxygens (including phenoxy) is 3. The Balaban J connectivity index is 1.43. The average Bonchev–Trinajstić information content (AvgIpc) is 3.21. The first-order valence-electron chi connectivity index (χ1n) is 12.8. The van der Waals surface area contributed by atoms with Crippen molar-refractivity contribution < 1.29 is 33.4 Å². The van der Waals surface area contributed by atoms with Crippen molar-refractivity contribution in [1.29, 1.82) is 0 Å². The van der Waals surface area contributed by atoms with E-state index in [-0.39, 0.29) is 17.4 Å². The van der Waals surface area contributed by atoms with E-state index in [0.717, 1.165) is 22.2 Å². The summed E-state index contributed by atoms with van der Waals surface area (Å²) < 4.78 is 17.1. The summed E-state index contributed by atoms with van der Waals surface area (Å²) in [5.74, 6) is -0.154. The van der Waals surface area contributed by atoms with Gasteiger partial charge in [0.15, 0.2) is 18.1 Å². The van der Waals surface area contributed by atoms with Gasteiger partial charge in [-0.25, -0.2) is 0 Å². The molecule has 1 saturated heterocycles. The first-order valence-corrected chi connectivity index (χ1v) is 14.4. The van der Waals surface area contributed by atoms with Gasteiger partial charge >= 0.3 is 0 Å². The first-order chi connectivity index (χ1) is 20.2. The minimum absolute atomic E-state index is 0.151. The fourth-order valence-electron chi connectivity index (χ4n) is 3.85. The van der Waals surface area contributed by atoms with Gasteiger partial charge in [0.2, 0.25) is 5.91 Å². The van der Waals surface area contributed by atoms with Crippen LogP contribution in [0.3, 0.4) is 0 Å². The number of hydrogen-bond acceptors (Lipinski definition) is 8. The highest BCUT2D eigenvalue weighted by atomic mass is 79.9. The highest BCUT2D eigenvalue weighted by Crippen LogP contribution is 2.39. The number of carbonyl (C=O) groups excluding carboxylic acids is 4. The van der Waals surface area contributed by atoms with Crippen LogP contribution in [0.1, 0.15) is 18.1 Å². The van der Waals surface area contributed by atoms with E-state index in [1.807, 2.05) is 19.1 Å². The van der Waals surface area contributed by atoms with Crippen molar-refractivity contribution >= 4 is 68.1 Å². The molecule has 0 radical (unpaired) electrons. The Labute approximate surface area is 255 Å². The zero-order valence-electron chi connectivity index (χ0n) is 23.1. The van der Waals surface area contributed by atoms with Crippen LogP contribution in [0.4, 0.5) is 16.2 Å². The van der Waals surface area contributed by atoms with E-state index >= 15 is 0 Å². The van der Waals surface area contributed by atoms with E-state index in [4.69, 9.17) is 14.2 Å². The number of imide groups is 1. The highest BCUT2D eigenvalue weighted by molar-refractivity contribution is 9.10. The Bertz CT molecular complexity index is 1530. The van der Waals surface area contributed by atoms with E-state index in [9.17, 15) is 19.2 Å². The number of rotatable bonds is 11. The van der Waals surface area contributed by atoms with Crippen LogP contribution in [-0.4, -0.2) is 54.7 Å². The third kappa shape index (κ3) is 7.92. The summed E-state index contributed by atoms with van der Waals surface area (Å²) in [6.45, 7) is 3.39. The molecule has 1 aliphatic rings. The van der Waals surface area contributed by atoms with Gasteiger partial charge < -0.3 is 24.8 Å². The molecule has 1 heterocycles. The molecule has 0 saturated carbocycles. The molecule has 12 heteroatoms. The number of hydrogen-bond donors (Lipinski definition) is 2. The number of methoxy groups -OCH3 is 1. The monoisotopic (exact) mass is 653 g/mol. The SMILES string of the molecule is CCOc1cc(/C=C2/SC(=O)N(CC(=O)Nc3ccc(OC)cc3)C2=O)cc(Br)c1OCC(=O)Nc1ccc(C)cc1. The zero-order valence-corrected chi connectivity index (χ0v) is 25.5. The number of carbonyl (C=O) groups is 4. The van der Waals surface area contributed by atoms with Gasteiger partial charge in [0, 0.05) is 11.4 Å². The first kappa shape index (κ1) is 30.7. The van der Waals surface area contributed by atoms with Gasteiger partial charge in [-0.15, -0.1) is 0 Å². The molecule has 3 aromatic rings. The number of anilines is 2. The molecule has 218 valence electrons. The Morgan fingerprint density at radius 3 is 2.24 bits per heavy atom. The molecule has 0 spiro atoms. The summed E-state index contributed by atoms with van der Waals surface area (Å²) in [6.07, 6.45) is 1.54. The van der Waals surface area contributed by atoms with Gasteiger partial charge in [-0.2, -0.15) is 0 Å². The lowest BCUT2D eigenvalue weighted by molar-refractivity contribution is -0.127. The zero-order chi connectivity index (χ0) is 30.2. The summed E-state index contributed by atoms with van der Waals surface area (Å²) in [4.78, 5) is 51.6. The van der Waals surface area contributed by atoms with Crippen molar-refractivity contribution in [2.45, 2.75) is 13.8 Å². The minimum atomic E-state index is -0.586. The number of halogens is 1. The van der Waals surface area contributed by atoms with Crippen LogP contribution in [-0.2, 0) is 14.4 Å². The van der Waals surface area contributed by atoms with Crippen LogP contribution < -0.4 is 24.8 Å². The van der Waals surface area contributed by atoms with Crippen molar-refractivity contribution in [3.8, 4) is 17.2 Å². The van der Waals surface area contributed by atoms with Crippen LogP contribution in [0.2, 0.25) is 0 Å². The summed E-state index contributed by atoms with van der Waals surface area (Å²) in [5, 5.41) is 4.88. The van der Waals surface area contributed by atoms with Crippen molar-refractivity contribution in [3.05, 3.63) is 81.2 Å². The third-order valence-corrected chi connectivity index (χ3v) is 7.36. The summed E-state index contributed by atoms with van der Waals surface area (Å²) in [6, 6.07) is 17.4. The maximum atomic E-state index is 13.0. The van der Waals surface area contributed by atoms with E-state index < -0.39 is 23.6 Å². The molecule has 2 N–H and O–H groups in total. The Kier molecular flexibility index (Phi) is 10.3. The lowest BCUT2D eigenvalue weighted by atomic mass is 10.2. The van der Waals surface area contributed by atoms with Gasteiger partial charge in [-0.05, 0) is 102 Å². The topological polar surface area (TPSA) is 123 Å². The van der Waals surface area contributed by atoms with Gasteiger partial charge in [-0.1, -0.05) is 17.7 Å². The highest BCUT2D eigenvalue weighted by Gasteiger charge is 2.36. The smallest absolute Gasteiger partial charge is 0.294 e. The van der Waals surface area contributed by atoms with E-state index in [2.05, 4.69) is 26.6 Å². The second kappa shape index (κ2) is 14.1. The number of benzene rings is 3. The van der Waals surface area contributed by atoms with Gasteiger partial charge in [0.25, 0.3) is 17.1 Å². The molecule has 1 fully saturated rings. The van der Waals surface area contributed by atoms with Crippen LogP contribution in [0.25, 0.3) is 6.08 Å². The molecule has 0 atom stereocenters. The van der Waals surface area contributed by atoms with Crippen molar-refractivity contribution in [2.75, 3.05) is 37.5 Å². The molecular formula is C30H28BrN3O7S. The summed E-state index contributed by atoms with van der Waals surface area (Å²) >= 11 is 4.20. The predicted molar refractivity (Wildman–Crippen MR) is 165 cm³/mol. The number of amides is 4. The quantitative estimate of drug-likeness (QED) is 0.247. The minimum Gasteiger partial charge on any atom is -0.497 e. The molecule has 42 heavy (non-hydrogen) atoms. The van der Waals surface area contributed by atoms with Gasteiger partial charge in [0.05, 0.1) is 23.1 Å². The molecular weight excluding hydrogens is 626 g/mol. The molecule has 4 rings (SSSR count). The van der Waals surface area contributed by atoms with Crippen LogP contribution in [0, 0.1) is 6.92 Å². The molecule has 0 aromatic heterocycles. The summed E-state index contributed by atoms with van der Waals surface area (Å²) in [7, 11) is 1.54. The Morgan fingerprint density at radius 2 is 1.60 bits per heavy atom. The summed E-state index contributed by atoms with van der Waals surface area (Å²) in [5.41, 5.74) is 2.79. The van der Waals surface area contributed by atoms with Crippen molar-refractivity contribution in [2.24, 2.45) is 0 Å². The molecule has 3 aromatic carbocycles. The maximum Gasteiger partial charge on any atom is 0.294 e. The van der Waals surface area contributed by atoms with Crippen LogP contribution in [0.15, 0.2) is 70.0 Å². The lowest BCUT2D eigenvalue weighted by Crippen LogP contribution is -2.36. The van der Waals surface area contributed by atoms with E-state index in [1.165, 1.54) is 13.2 Å². The van der Waals surface area contributed by atoms with E-state index in [0.29, 0.717) is 45.3 Å². The Hall–Kier alpha value is -4.29. The predicted octanol–water partition coefficient (Wildman–Crippen LogP) is 5.86. The second-order valence-electron chi connectivity index (χ2n) is 9.01. The molecule has 4 amide bonds. The molecule has 1 aliphatic heterocycles. The van der Waals surface area contributed by atoms with Crippen molar-refractivity contribution in [3.63, 3.8) is 0 Å². The van der Waals surface area contributed by atoms with E-state index in [1.54, 1.807) is 55.5 Å². The molecule has 0 aliphatic carbocycles. The fraction of sp³-hybridized carbons (Fsp3) is 0.200. The standard InChI is InChI=1S/C30H28BrN3O7S/c1-4-40-24-14-19(13-23(31)28(24)41-17-27(36)33-20-7-5-18(2)6-8-20)15-25-29(37)34(30(38)42-25)16-26(35)32-21-9-11-22(39-3)12-10-21/h5-15H,4,16-17H2,1-3H3,(H,32,35)(H,33,36)/b25-15+. The number of thioether (sulfide) groups is 1. The van der Waals surface area contributed by atoms with Crippen LogP contribution in [0.5, 0.6) is 17.2 Å². The third-order valence-electron chi connectivity index (χ3n) is 5.86. The fourth-order valence-corrected chi connectivity index (χ4v) is 5.26.